The summed E-state index contributed by atoms with van der Waals surface area (Å²) < 4.78 is 14.4. The van der Waals surface area contributed by atoms with Crippen LogP contribution in [0.25, 0.3) is 6.08 Å². The molecule has 11 heteroatoms. The lowest BCUT2D eigenvalue weighted by atomic mass is 10.1. The number of amides is 4. The summed E-state index contributed by atoms with van der Waals surface area (Å²) in [5.74, 6) is -3.83. The van der Waals surface area contributed by atoms with Crippen LogP contribution >= 0.6 is 11.8 Å². The third-order valence-electron chi connectivity index (χ3n) is 6.58. The van der Waals surface area contributed by atoms with E-state index in [1.807, 2.05) is 0 Å². The molecule has 9 nitrogen and oxygen atoms in total. The summed E-state index contributed by atoms with van der Waals surface area (Å²) in [6, 6.07) is 26.1. The van der Waals surface area contributed by atoms with E-state index < -0.39 is 40.7 Å². The monoisotopic (exact) mass is 609 g/mol. The van der Waals surface area contributed by atoms with Gasteiger partial charge in [-0.2, -0.15) is 0 Å². The zero-order valence-corrected chi connectivity index (χ0v) is 23.7. The lowest BCUT2D eigenvalue weighted by Gasteiger charge is -2.15. The maximum Gasteiger partial charge on any atom is 0.335 e. The molecule has 4 aromatic rings. The molecule has 1 fully saturated rings. The molecule has 4 amide bonds. The summed E-state index contributed by atoms with van der Waals surface area (Å²) in [6.45, 7) is 0. The number of carbonyl (C=O) groups is 5. The average molecular weight is 610 g/mol. The Balaban J connectivity index is 1.32. The number of aromatic carboxylic acids is 1. The van der Waals surface area contributed by atoms with E-state index in [1.54, 1.807) is 60.7 Å². The van der Waals surface area contributed by atoms with Crippen LogP contribution in [0.5, 0.6) is 0 Å². The summed E-state index contributed by atoms with van der Waals surface area (Å²) in [5.41, 5.74) is 0.863. The fourth-order valence-corrected chi connectivity index (χ4v) is 5.53. The summed E-state index contributed by atoms with van der Waals surface area (Å²) >= 11 is 1.14. The van der Waals surface area contributed by atoms with Gasteiger partial charge in [-0.25, -0.2) is 14.1 Å². The number of rotatable bonds is 9. The SMILES string of the molecule is O=C(Nc1cccc(S[C@@H]2CC(=O)N(c3ccc(C(=O)O)cc3)C2=O)c1)/C(=C/c1ccccc1F)NC(=O)c1ccccc1. The minimum absolute atomic E-state index is 0.0316. The van der Waals surface area contributed by atoms with Crippen LogP contribution in [-0.2, 0) is 14.4 Å². The molecular weight excluding hydrogens is 585 g/mol. The molecule has 220 valence electrons. The summed E-state index contributed by atoms with van der Waals surface area (Å²) in [7, 11) is 0. The van der Waals surface area contributed by atoms with E-state index in [4.69, 9.17) is 5.11 Å². The van der Waals surface area contributed by atoms with Crippen molar-refractivity contribution >= 4 is 58.8 Å². The number of hydrogen-bond donors (Lipinski definition) is 3. The number of carboxylic acid groups (broad SMARTS) is 1. The zero-order chi connectivity index (χ0) is 31.2. The number of halogens is 1. The van der Waals surface area contributed by atoms with Crippen molar-refractivity contribution in [2.45, 2.75) is 16.6 Å². The van der Waals surface area contributed by atoms with Gasteiger partial charge in [-0.05, 0) is 66.7 Å². The Hall–Kier alpha value is -5.55. The van der Waals surface area contributed by atoms with Crippen LogP contribution in [0, 0.1) is 5.82 Å². The topological polar surface area (TPSA) is 133 Å². The first-order chi connectivity index (χ1) is 21.2. The van der Waals surface area contributed by atoms with Crippen molar-refractivity contribution in [1.29, 1.82) is 0 Å². The first kappa shape index (κ1) is 29.9. The molecule has 0 saturated carbocycles. The number of carbonyl (C=O) groups excluding carboxylic acids is 4. The molecule has 1 aliphatic heterocycles. The molecule has 1 atom stereocenters. The van der Waals surface area contributed by atoms with E-state index in [2.05, 4.69) is 10.6 Å². The molecule has 0 aromatic heterocycles. The molecule has 1 heterocycles. The number of thioether (sulfide) groups is 1. The summed E-state index contributed by atoms with van der Waals surface area (Å²) in [4.78, 5) is 64.8. The summed E-state index contributed by atoms with van der Waals surface area (Å²) in [5, 5.41) is 13.6. The number of nitrogens with zero attached hydrogens (tertiary/aromatic N) is 1. The highest BCUT2D eigenvalue weighted by Crippen LogP contribution is 2.35. The highest BCUT2D eigenvalue weighted by Gasteiger charge is 2.40. The van der Waals surface area contributed by atoms with E-state index in [0.717, 1.165) is 16.7 Å². The molecule has 0 radical (unpaired) electrons. The van der Waals surface area contributed by atoms with Gasteiger partial charge in [-0.1, -0.05) is 42.5 Å². The van der Waals surface area contributed by atoms with Crippen molar-refractivity contribution in [3.63, 3.8) is 0 Å². The average Bonchev–Trinajstić information content (AvgIpc) is 3.30. The Morgan fingerprint density at radius 3 is 2.27 bits per heavy atom. The third kappa shape index (κ3) is 6.90. The Morgan fingerprint density at radius 1 is 0.864 bits per heavy atom. The minimum atomic E-state index is -1.12. The first-order valence-corrected chi connectivity index (χ1v) is 14.2. The van der Waals surface area contributed by atoms with E-state index in [1.165, 1.54) is 48.5 Å². The number of hydrogen-bond acceptors (Lipinski definition) is 6. The first-order valence-electron chi connectivity index (χ1n) is 13.3. The molecule has 5 rings (SSSR count). The highest BCUT2D eigenvalue weighted by atomic mass is 32.2. The Kier molecular flexibility index (Phi) is 8.96. The normalized spacial score (nSPS) is 14.8. The van der Waals surface area contributed by atoms with Gasteiger partial charge in [0.05, 0.1) is 16.5 Å². The van der Waals surface area contributed by atoms with Crippen molar-refractivity contribution in [3.05, 3.63) is 131 Å². The van der Waals surface area contributed by atoms with Crippen LogP contribution in [-0.4, -0.2) is 40.0 Å². The highest BCUT2D eigenvalue weighted by molar-refractivity contribution is 8.00. The third-order valence-corrected chi connectivity index (χ3v) is 7.76. The lowest BCUT2D eigenvalue weighted by molar-refractivity contribution is -0.121. The van der Waals surface area contributed by atoms with E-state index >= 15 is 0 Å². The molecule has 4 aromatic carbocycles. The fraction of sp³-hybridized carbons (Fsp3) is 0.0606. The van der Waals surface area contributed by atoms with Gasteiger partial charge < -0.3 is 15.7 Å². The van der Waals surface area contributed by atoms with Crippen LogP contribution in [0.2, 0.25) is 0 Å². The number of benzene rings is 4. The van der Waals surface area contributed by atoms with Gasteiger partial charge in [0, 0.05) is 28.1 Å². The van der Waals surface area contributed by atoms with E-state index in [-0.39, 0.29) is 28.9 Å². The van der Waals surface area contributed by atoms with Crippen molar-refractivity contribution in [3.8, 4) is 0 Å². The second kappa shape index (κ2) is 13.2. The molecule has 0 spiro atoms. The van der Waals surface area contributed by atoms with Gasteiger partial charge in [0.15, 0.2) is 0 Å². The molecular formula is C33H24FN3O6S. The van der Waals surface area contributed by atoms with Gasteiger partial charge in [0.25, 0.3) is 11.8 Å². The van der Waals surface area contributed by atoms with Crippen molar-refractivity contribution in [2.75, 3.05) is 10.2 Å². The van der Waals surface area contributed by atoms with Crippen LogP contribution in [0.4, 0.5) is 15.8 Å². The Morgan fingerprint density at radius 2 is 1.57 bits per heavy atom. The van der Waals surface area contributed by atoms with Gasteiger partial charge in [0.2, 0.25) is 11.8 Å². The number of nitrogens with one attached hydrogen (secondary N) is 2. The van der Waals surface area contributed by atoms with Crippen LogP contribution in [0.1, 0.15) is 32.7 Å². The Labute approximate surface area is 255 Å². The van der Waals surface area contributed by atoms with E-state index in [0.29, 0.717) is 16.1 Å². The molecule has 3 N–H and O–H groups in total. The fourth-order valence-electron chi connectivity index (χ4n) is 4.42. The molecule has 1 aliphatic rings. The van der Waals surface area contributed by atoms with E-state index in [9.17, 15) is 28.4 Å². The lowest BCUT2D eigenvalue weighted by Crippen LogP contribution is -2.31. The largest absolute Gasteiger partial charge is 0.478 e. The number of carboxylic acids is 1. The standard InChI is InChI=1S/C33H24FN3O6S/c34-26-12-5-4-9-22(26)17-27(36-30(39)20-7-2-1-3-8-20)31(40)35-23-10-6-11-25(18-23)44-28-19-29(38)37(32(28)41)24-15-13-21(14-16-24)33(42)43/h1-18,28H,19H2,(H,35,40)(H,36,39)(H,42,43)/b27-17-/t28-/m1/s1. The van der Waals surface area contributed by atoms with Crippen molar-refractivity contribution in [2.24, 2.45) is 0 Å². The zero-order valence-electron chi connectivity index (χ0n) is 22.9. The predicted octanol–water partition coefficient (Wildman–Crippen LogP) is 5.36. The van der Waals surface area contributed by atoms with Gasteiger partial charge in [-0.15, -0.1) is 11.8 Å². The predicted molar refractivity (Wildman–Crippen MR) is 164 cm³/mol. The van der Waals surface area contributed by atoms with Crippen LogP contribution in [0.15, 0.2) is 114 Å². The molecule has 1 saturated heterocycles. The minimum Gasteiger partial charge on any atom is -0.478 e. The van der Waals surface area contributed by atoms with Crippen LogP contribution in [0.3, 0.4) is 0 Å². The molecule has 0 aliphatic carbocycles. The second-order valence-corrected chi connectivity index (χ2v) is 10.9. The van der Waals surface area contributed by atoms with Gasteiger partial charge in [0.1, 0.15) is 11.5 Å². The van der Waals surface area contributed by atoms with Crippen molar-refractivity contribution < 1.29 is 33.5 Å². The molecule has 0 unspecified atom stereocenters. The maximum atomic E-state index is 14.4. The number of anilines is 2. The van der Waals surface area contributed by atoms with Crippen LogP contribution < -0.4 is 15.5 Å². The van der Waals surface area contributed by atoms with Gasteiger partial charge >= 0.3 is 5.97 Å². The summed E-state index contributed by atoms with van der Waals surface area (Å²) in [6.07, 6.45) is 1.17. The van der Waals surface area contributed by atoms with Gasteiger partial charge in [-0.3, -0.25) is 19.2 Å². The Bertz CT molecular complexity index is 1790. The maximum absolute atomic E-state index is 14.4. The molecule has 44 heavy (non-hydrogen) atoms. The quantitative estimate of drug-likeness (QED) is 0.172. The smallest absolute Gasteiger partial charge is 0.335 e. The second-order valence-electron chi connectivity index (χ2n) is 9.61. The number of imide groups is 1. The van der Waals surface area contributed by atoms with Crippen molar-refractivity contribution in [1.82, 2.24) is 5.32 Å². The molecule has 0 bridgehead atoms.